The van der Waals surface area contributed by atoms with Crippen LogP contribution in [0.5, 0.6) is 0 Å². The van der Waals surface area contributed by atoms with Gasteiger partial charge in [0.1, 0.15) is 11.7 Å². The van der Waals surface area contributed by atoms with Crippen LogP contribution in [-0.4, -0.2) is 24.8 Å². The summed E-state index contributed by atoms with van der Waals surface area (Å²) in [6, 6.07) is 16.7. The smallest absolute Gasteiger partial charge is 0.125 e. The third-order valence-electron chi connectivity index (χ3n) is 4.93. The Hall–Kier alpha value is -2.62. The summed E-state index contributed by atoms with van der Waals surface area (Å²) in [5.41, 5.74) is 16.7. The Morgan fingerprint density at radius 3 is 1.29 bits per heavy atom. The van der Waals surface area contributed by atoms with E-state index in [0.29, 0.717) is 11.7 Å². The molecule has 0 heterocycles. The molecule has 2 rings (SSSR count). The molecule has 0 aliphatic rings. The second-order valence-electron chi connectivity index (χ2n) is 9.78. The Balaban J connectivity index is 0.000000311. The van der Waals surface area contributed by atoms with E-state index in [-0.39, 0.29) is 10.8 Å². The van der Waals surface area contributed by atoms with E-state index in [1.54, 1.807) is 0 Å². The summed E-state index contributed by atoms with van der Waals surface area (Å²) in [6.07, 6.45) is 1.03. The van der Waals surface area contributed by atoms with Crippen molar-refractivity contribution in [2.24, 2.45) is 21.5 Å². The molecule has 4 nitrogen and oxygen atoms in total. The lowest BCUT2D eigenvalue weighted by Gasteiger charge is -2.19. The lowest BCUT2D eigenvalue weighted by molar-refractivity contribution is 0.590. The molecule has 0 atom stereocenters. The van der Waals surface area contributed by atoms with Crippen LogP contribution < -0.4 is 11.5 Å². The third-order valence-corrected chi connectivity index (χ3v) is 4.93. The zero-order chi connectivity index (χ0) is 23.7. The van der Waals surface area contributed by atoms with Crippen LogP contribution in [0.15, 0.2) is 58.5 Å². The van der Waals surface area contributed by atoms with Crippen LogP contribution in [-0.2, 0) is 10.8 Å². The first-order valence-electron chi connectivity index (χ1n) is 11.2. The highest BCUT2D eigenvalue weighted by Crippen LogP contribution is 2.23. The molecule has 170 valence electrons. The number of aliphatic imine (C=N–C) groups is 2. The molecule has 0 amide bonds. The average Bonchev–Trinajstić information content (AvgIpc) is 2.71. The van der Waals surface area contributed by atoms with Gasteiger partial charge in [-0.15, -0.1) is 0 Å². The van der Waals surface area contributed by atoms with Crippen LogP contribution in [0.2, 0.25) is 0 Å². The molecular weight excluding hydrogens is 380 g/mol. The predicted molar refractivity (Wildman–Crippen MR) is 137 cm³/mol. The van der Waals surface area contributed by atoms with Gasteiger partial charge in [-0.25, -0.2) is 0 Å². The molecule has 2 aromatic carbocycles. The molecule has 31 heavy (non-hydrogen) atoms. The SMILES string of the molecule is CCCN=C(N)c1ccc(C(C)(C)C)cc1.CCN=C(N)c1ccc(C(C)(C)C)cc1. The van der Waals surface area contributed by atoms with Crippen LogP contribution >= 0.6 is 0 Å². The summed E-state index contributed by atoms with van der Waals surface area (Å²) < 4.78 is 0. The van der Waals surface area contributed by atoms with E-state index >= 15 is 0 Å². The van der Waals surface area contributed by atoms with Gasteiger partial charge in [-0.3, -0.25) is 9.98 Å². The van der Waals surface area contributed by atoms with Crippen molar-refractivity contribution in [2.75, 3.05) is 13.1 Å². The van der Waals surface area contributed by atoms with Gasteiger partial charge in [0.2, 0.25) is 0 Å². The lowest BCUT2D eigenvalue weighted by Crippen LogP contribution is -2.15. The molecule has 4 N–H and O–H groups in total. The van der Waals surface area contributed by atoms with Crippen LogP contribution in [0, 0.1) is 0 Å². The van der Waals surface area contributed by atoms with E-state index in [1.807, 2.05) is 19.1 Å². The van der Waals surface area contributed by atoms with Crippen molar-refractivity contribution >= 4 is 11.7 Å². The van der Waals surface area contributed by atoms with Crippen molar-refractivity contribution in [3.63, 3.8) is 0 Å². The summed E-state index contributed by atoms with van der Waals surface area (Å²) in [7, 11) is 0. The van der Waals surface area contributed by atoms with Gasteiger partial charge in [0, 0.05) is 24.2 Å². The van der Waals surface area contributed by atoms with Gasteiger partial charge in [-0.05, 0) is 35.3 Å². The van der Waals surface area contributed by atoms with E-state index in [2.05, 4.69) is 94.8 Å². The van der Waals surface area contributed by atoms with E-state index in [9.17, 15) is 0 Å². The molecule has 0 saturated heterocycles. The van der Waals surface area contributed by atoms with Crippen LogP contribution in [0.4, 0.5) is 0 Å². The highest BCUT2D eigenvalue weighted by molar-refractivity contribution is 5.97. The fourth-order valence-corrected chi connectivity index (χ4v) is 2.87. The molecule has 0 aliphatic heterocycles. The lowest BCUT2D eigenvalue weighted by atomic mass is 9.86. The quantitative estimate of drug-likeness (QED) is 0.471. The van der Waals surface area contributed by atoms with E-state index in [1.165, 1.54) is 11.1 Å². The number of hydrogen-bond donors (Lipinski definition) is 2. The summed E-state index contributed by atoms with van der Waals surface area (Å²) in [6.45, 7) is 18.8. The molecule has 2 aromatic rings. The first-order valence-corrected chi connectivity index (χ1v) is 11.2. The zero-order valence-corrected chi connectivity index (χ0v) is 20.8. The van der Waals surface area contributed by atoms with Gasteiger partial charge in [0.05, 0.1) is 0 Å². The highest BCUT2D eigenvalue weighted by atomic mass is 14.8. The van der Waals surface area contributed by atoms with Crippen molar-refractivity contribution < 1.29 is 0 Å². The number of amidine groups is 2. The average molecular weight is 423 g/mol. The van der Waals surface area contributed by atoms with Crippen LogP contribution in [0.25, 0.3) is 0 Å². The van der Waals surface area contributed by atoms with Gasteiger partial charge in [0.15, 0.2) is 0 Å². The summed E-state index contributed by atoms with van der Waals surface area (Å²) >= 11 is 0. The van der Waals surface area contributed by atoms with E-state index in [0.717, 1.165) is 30.6 Å². The summed E-state index contributed by atoms with van der Waals surface area (Å²) in [5, 5.41) is 0. The van der Waals surface area contributed by atoms with E-state index < -0.39 is 0 Å². The van der Waals surface area contributed by atoms with Crippen molar-refractivity contribution in [3.05, 3.63) is 70.8 Å². The largest absolute Gasteiger partial charge is 0.384 e. The van der Waals surface area contributed by atoms with Crippen LogP contribution in [0.1, 0.15) is 84.1 Å². The number of nitrogens with zero attached hydrogens (tertiary/aromatic N) is 2. The molecule has 0 fully saturated rings. The second-order valence-corrected chi connectivity index (χ2v) is 9.78. The molecule has 4 heteroatoms. The Bertz CT molecular complexity index is 846. The number of nitrogens with two attached hydrogens (primary N) is 2. The van der Waals surface area contributed by atoms with Crippen molar-refractivity contribution in [2.45, 2.75) is 72.6 Å². The third kappa shape index (κ3) is 8.95. The van der Waals surface area contributed by atoms with Gasteiger partial charge < -0.3 is 11.5 Å². The molecule has 0 unspecified atom stereocenters. The molecule has 0 bridgehead atoms. The van der Waals surface area contributed by atoms with Crippen LogP contribution in [0.3, 0.4) is 0 Å². The van der Waals surface area contributed by atoms with Gasteiger partial charge in [-0.1, -0.05) is 97.0 Å². The minimum Gasteiger partial charge on any atom is -0.384 e. The van der Waals surface area contributed by atoms with Crippen molar-refractivity contribution in [1.29, 1.82) is 0 Å². The molecule has 0 aliphatic carbocycles. The monoisotopic (exact) mass is 422 g/mol. The first-order chi connectivity index (χ1) is 14.4. The molecule has 0 radical (unpaired) electrons. The molecule has 0 spiro atoms. The fourth-order valence-electron chi connectivity index (χ4n) is 2.87. The maximum absolute atomic E-state index is 5.89. The zero-order valence-electron chi connectivity index (χ0n) is 20.8. The van der Waals surface area contributed by atoms with Crippen molar-refractivity contribution in [1.82, 2.24) is 0 Å². The Morgan fingerprint density at radius 2 is 1.00 bits per heavy atom. The topological polar surface area (TPSA) is 76.8 Å². The van der Waals surface area contributed by atoms with Gasteiger partial charge in [0.25, 0.3) is 0 Å². The summed E-state index contributed by atoms with van der Waals surface area (Å²) in [4.78, 5) is 8.48. The van der Waals surface area contributed by atoms with Crippen molar-refractivity contribution in [3.8, 4) is 0 Å². The van der Waals surface area contributed by atoms with Gasteiger partial charge in [-0.2, -0.15) is 0 Å². The summed E-state index contributed by atoms with van der Waals surface area (Å²) in [5.74, 6) is 1.26. The number of rotatable bonds is 5. The highest BCUT2D eigenvalue weighted by Gasteiger charge is 2.14. The Kier molecular flexibility index (Phi) is 9.96. The minimum absolute atomic E-state index is 0.188. The second kappa shape index (κ2) is 11.7. The molecule has 0 saturated carbocycles. The normalized spacial score (nSPS) is 12.9. The number of hydrogen-bond acceptors (Lipinski definition) is 2. The maximum Gasteiger partial charge on any atom is 0.125 e. The fraction of sp³-hybridized carbons (Fsp3) is 0.481. The van der Waals surface area contributed by atoms with Gasteiger partial charge >= 0.3 is 0 Å². The minimum atomic E-state index is 0.188. The Labute approximate surface area is 189 Å². The first kappa shape index (κ1) is 26.4. The predicted octanol–water partition coefficient (Wildman–Crippen LogP) is 5.81. The number of benzene rings is 2. The molecular formula is C27H42N4. The Morgan fingerprint density at radius 1 is 0.645 bits per heavy atom. The maximum atomic E-state index is 5.89. The standard InChI is InChI=1S/C14H22N2.C13H20N2/c1-5-10-16-13(15)11-6-8-12(9-7-11)14(2,3)4;1-5-15-12(14)10-6-8-11(9-7-10)13(2,3)4/h6-9H,5,10H2,1-4H3,(H2,15,16);6-9H,5H2,1-4H3,(H2,14,15). The molecule has 0 aromatic heterocycles. The van der Waals surface area contributed by atoms with E-state index in [4.69, 9.17) is 11.5 Å².